The Labute approximate surface area is 138 Å². The molecule has 0 aliphatic heterocycles. The molecule has 5 heteroatoms. The number of amides is 1. The molecule has 2 unspecified atom stereocenters. The summed E-state index contributed by atoms with van der Waals surface area (Å²) in [6.45, 7) is 8.53. The number of carbonyl (C=O) groups excluding carboxylic acids is 1. The first-order valence-corrected chi connectivity index (χ1v) is 8.07. The lowest BCUT2D eigenvalue weighted by molar-refractivity contribution is -0.143. The van der Waals surface area contributed by atoms with E-state index >= 15 is 0 Å². The average Bonchev–Trinajstić information content (AvgIpc) is 2.50. The SMILES string of the molecule is CCC(C)C(NC(=O)Cc1ccc(OCC(C)C)cc1)C(=O)O. The summed E-state index contributed by atoms with van der Waals surface area (Å²) in [6, 6.07) is 6.46. The average molecular weight is 321 g/mol. The van der Waals surface area contributed by atoms with Crippen molar-refractivity contribution in [2.24, 2.45) is 11.8 Å². The van der Waals surface area contributed by atoms with Gasteiger partial charge in [0.05, 0.1) is 13.0 Å². The predicted molar refractivity (Wildman–Crippen MR) is 89.5 cm³/mol. The normalized spacial score (nSPS) is 13.4. The lowest BCUT2D eigenvalue weighted by Gasteiger charge is -2.20. The Bertz CT molecular complexity index is 510. The molecule has 0 saturated heterocycles. The number of nitrogens with one attached hydrogen (secondary N) is 1. The first-order chi connectivity index (χ1) is 10.8. The van der Waals surface area contributed by atoms with Crippen molar-refractivity contribution in [3.63, 3.8) is 0 Å². The summed E-state index contributed by atoms with van der Waals surface area (Å²) >= 11 is 0. The summed E-state index contributed by atoms with van der Waals surface area (Å²) in [5.74, 6) is -0.165. The maximum absolute atomic E-state index is 12.0. The van der Waals surface area contributed by atoms with Crippen molar-refractivity contribution in [2.45, 2.75) is 46.6 Å². The van der Waals surface area contributed by atoms with Gasteiger partial charge in [0, 0.05) is 0 Å². The molecule has 128 valence electrons. The molecule has 0 bridgehead atoms. The van der Waals surface area contributed by atoms with E-state index < -0.39 is 12.0 Å². The van der Waals surface area contributed by atoms with Gasteiger partial charge in [-0.1, -0.05) is 46.2 Å². The van der Waals surface area contributed by atoms with Crippen molar-refractivity contribution in [1.82, 2.24) is 5.32 Å². The number of hydrogen-bond donors (Lipinski definition) is 2. The van der Waals surface area contributed by atoms with Gasteiger partial charge in [-0.3, -0.25) is 4.79 Å². The van der Waals surface area contributed by atoms with E-state index in [0.29, 0.717) is 18.9 Å². The quantitative estimate of drug-likeness (QED) is 0.733. The van der Waals surface area contributed by atoms with E-state index in [0.717, 1.165) is 11.3 Å². The fourth-order valence-corrected chi connectivity index (χ4v) is 2.06. The van der Waals surface area contributed by atoms with Crippen LogP contribution in [-0.2, 0) is 16.0 Å². The minimum Gasteiger partial charge on any atom is -0.493 e. The van der Waals surface area contributed by atoms with E-state index in [1.165, 1.54) is 0 Å². The van der Waals surface area contributed by atoms with Crippen molar-refractivity contribution in [3.8, 4) is 5.75 Å². The van der Waals surface area contributed by atoms with E-state index in [-0.39, 0.29) is 18.2 Å². The fourth-order valence-electron chi connectivity index (χ4n) is 2.06. The van der Waals surface area contributed by atoms with Gasteiger partial charge in [0.25, 0.3) is 0 Å². The highest BCUT2D eigenvalue weighted by molar-refractivity contribution is 5.85. The van der Waals surface area contributed by atoms with Crippen LogP contribution < -0.4 is 10.1 Å². The summed E-state index contributed by atoms with van der Waals surface area (Å²) in [5, 5.41) is 11.8. The molecule has 23 heavy (non-hydrogen) atoms. The molecule has 0 radical (unpaired) electrons. The molecular weight excluding hydrogens is 294 g/mol. The molecule has 0 aliphatic carbocycles. The van der Waals surface area contributed by atoms with E-state index in [1.54, 1.807) is 0 Å². The van der Waals surface area contributed by atoms with Gasteiger partial charge < -0.3 is 15.2 Å². The van der Waals surface area contributed by atoms with Gasteiger partial charge in [-0.05, 0) is 29.5 Å². The lowest BCUT2D eigenvalue weighted by Crippen LogP contribution is -2.45. The van der Waals surface area contributed by atoms with Gasteiger partial charge in [0.15, 0.2) is 0 Å². The minimum absolute atomic E-state index is 0.108. The van der Waals surface area contributed by atoms with Gasteiger partial charge in [-0.15, -0.1) is 0 Å². The van der Waals surface area contributed by atoms with Crippen molar-refractivity contribution in [1.29, 1.82) is 0 Å². The number of rotatable bonds is 9. The van der Waals surface area contributed by atoms with Crippen LogP contribution in [0.5, 0.6) is 5.75 Å². The Kier molecular flexibility index (Phi) is 7.59. The van der Waals surface area contributed by atoms with Crippen LogP contribution in [0, 0.1) is 11.8 Å². The van der Waals surface area contributed by atoms with Crippen LogP contribution in [0.4, 0.5) is 0 Å². The molecule has 2 atom stereocenters. The summed E-state index contributed by atoms with van der Waals surface area (Å²) in [4.78, 5) is 23.3. The molecule has 1 amide bonds. The first kappa shape index (κ1) is 19.0. The Morgan fingerprint density at radius 3 is 2.26 bits per heavy atom. The van der Waals surface area contributed by atoms with Crippen LogP contribution in [0.3, 0.4) is 0 Å². The maximum atomic E-state index is 12.0. The third-order valence-electron chi connectivity index (χ3n) is 3.67. The number of carboxylic acids is 1. The highest BCUT2D eigenvalue weighted by Crippen LogP contribution is 2.14. The van der Waals surface area contributed by atoms with Crippen LogP contribution in [0.2, 0.25) is 0 Å². The standard InChI is InChI=1S/C18H27NO4/c1-5-13(4)17(18(21)22)19-16(20)10-14-6-8-15(9-7-14)23-11-12(2)3/h6-9,12-13,17H,5,10-11H2,1-4H3,(H,19,20)(H,21,22). The molecule has 1 aromatic carbocycles. The Hall–Kier alpha value is -2.04. The smallest absolute Gasteiger partial charge is 0.326 e. The fraction of sp³-hybridized carbons (Fsp3) is 0.556. The van der Waals surface area contributed by atoms with Crippen LogP contribution in [0.25, 0.3) is 0 Å². The lowest BCUT2D eigenvalue weighted by atomic mass is 9.99. The van der Waals surface area contributed by atoms with Gasteiger partial charge >= 0.3 is 5.97 Å². The number of ether oxygens (including phenoxy) is 1. The number of hydrogen-bond acceptors (Lipinski definition) is 3. The molecule has 0 aliphatic rings. The van der Waals surface area contributed by atoms with E-state index in [1.807, 2.05) is 38.1 Å². The van der Waals surface area contributed by atoms with Crippen LogP contribution >= 0.6 is 0 Å². The number of carboxylic acid groups (broad SMARTS) is 1. The van der Waals surface area contributed by atoms with Crippen molar-refractivity contribution < 1.29 is 19.4 Å². The van der Waals surface area contributed by atoms with Crippen molar-refractivity contribution in [2.75, 3.05) is 6.61 Å². The van der Waals surface area contributed by atoms with E-state index in [4.69, 9.17) is 4.74 Å². The van der Waals surface area contributed by atoms with Gasteiger partial charge in [-0.25, -0.2) is 4.79 Å². The van der Waals surface area contributed by atoms with E-state index in [2.05, 4.69) is 19.2 Å². The topological polar surface area (TPSA) is 75.6 Å². The van der Waals surface area contributed by atoms with Crippen molar-refractivity contribution in [3.05, 3.63) is 29.8 Å². The molecule has 0 fully saturated rings. The highest BCUT2D eigenvalue weighted by Gasteiger charge is 2.25. The molecule has 0 aromatic heterocycles. The molecule has 0 heterocycles. The summed E-state index contributed by atoms with van der Waals surface area (Å²) in [7, 11) is 0. The minimum atomic E-state index is -0.995. The second-order valence-corrected chi connectivity index (χ2v) is 6.29. The summed E-state index contributed by atoms with van der Waals surface area (Å²) in [5.41, 5.74) is 0.827. The zero-order valence-corrected chi connectivity index (χ0v) is 14.3. The van der Waals surface area contributed by atoms with E-state index in [9.17, 15) is 14.7 Å². The third-order valence-corrected chi connectivity index (χ3v) is 3.67. The largest absolute Gasteiger partial charge is 0.493 e. The zero-order chi connectivity index (χ0) is 17.4. The summed E-state index contributed by atoms with van der Waals surface area (Å²) in [6.07, 6.45) is 0.851. The van der Waals surface area contributed by atoms with Crippen LogP contribution in [0.15, 0.2) is 24.3 Å². The monoisotopic (exact) mass is 321 g/mol. The second-order valence-electron chi connectivity index (χ2n) is 6.29. The maximum Gasteiger partial charge on any atom is 0.326 e. The molecular formula is C18H27NO4. The molecule has 0 saturated carbocycles. The number of aliphatic carboxylic acids is 1. The number of benzene rings is 1. The van der Waals surface area contributed by atoms with Gasteiger partial charge in [0.1, 0.15) is 11.8 Å². The first-order valence-electron chi connectivity index (χ1n) is 8.07. The molecule has 2 N–H and O–H groups in total. The Balaban J connectivity index is 2.58. The number of carbonyl (C=O) groups is 2. The Morgan fingerprint density at radius 2 is 1.78 bits per heavy atom. The third kappa shape index (κ3) is 6.72. The Morgan fingerprint density at radius 1 is 1.17 bits per heavy atom. The van der Waals surface area contributed by atoms with Crippen LogP contribution in [0.1, 0.15) is 39.7 Å². The molecule has 1 rings (SSSR count). The van der Waals surface area contributed by atoms with Gasteiger partial charge in [-0.2, -0.15) is 0 Å². The molecule has 1 aromatic rings. The highest BCUT2D eigenvalue weighted by atomic mass is 16.5. The molecule has 5 nitrogen and oxygen atoms in total. The van der Waals surface area contributed by atoms with Crippen molar-refractivity contribution >= 4 is 11.9 Å². The predicted octanol–water partition coefficient (Wildman–Crippen LogP) is 2.88. The van der Waals surface area contributed by atoms with Gasteiger partial charge in [0.2, 0.25) is 5.91 Å². The zero-order valence-electron chi connectivity index (χ0n) is 14.3. The molecule has 0 spiro atoms. The second kappa shape index (κ2) is 9.18. The summed E-state index contributed by atoms with van der Waals surface area (Å²) < 4.78 is 5.59. The van der Waals surface area contributed by atoms with Crippen LogP contribution in [-0.4, -0.2) is 29.6 Å².